The van der Waals surface area contributed by atoms with Crippen molar-refractivity contribution >= 4 is 21.8 Å². The fraction of sp³-hybridized carbons (Fsp3) is 0.588. The smallest absolute Gasteiger partial charge is 0.253 e. The average Bonchev–Trinajstić information content (AvgIpc) is 3.03. The summed E-state index contributed by atoms with van der Waals surface area (Å²) in [7, 11) is 1.95. The lowest BCUT2D eigenvalue weighted by molar-refractivity contribution is 0.0753. The molecule has 3 unspecified atom stereocenters. The predicted molar refractivity (Wildman–Crippen MR) is 84.8 cm³/mol. The Morgan fingerprint density at radius 3 is 2.80 bits per heavy atom. The number of rotatable bonds is 3. The maximum absolute atomic E-state index is 12.6. The van der Waals surface area contributed by atoms with E-state index < -0.39 is 0 Å². The van der Waals surface area contributed by atoms with E-state index in [1.165, 1.54) is 25.7 Å². The molecule has 0 N–H and O–H groups in total. The van der Waals surface area contributed by atoms with Crippen LogP contribution in [0.4, 0.5) is 0 Å². The fourth-order valence-corrected chi connectivity index (χ4v) is 4.45. The third kappa shape index (κ3) is 2.52. The zero-order chi connectivity index (χ0) is 14.3. The highest BCUT2D eigenvalue weighted by atomic mass is 79.9. The maximum Gasteiger partial charge on any atom is 0.253 e. The number of carbonyl (C=O) groups excluding carboxylic acids is 1. The summed E-state index contributed by atoms with van der Waals surface area (Å²) in [6, 6.07) is 5.86. The lowest BCUT2D eigenvalue weighted by atomic mass is 9.88. The zero-order valence-corrected chi connectivity index (χ0v) is 13.8. The van der Waals surface area contributed by atoms with Crippen molar-refractivity contribution in [1.29, 1.82) is 0 Å². The number of benzene rings is 1. The lowest BCUT2D eigenvalue weighted by Crippen LogP contribution is -2.34. The van der Waals surface area contributed by atoms with Gasteiger partial charge in [0.1, 0.15) is 0 Å². The quantitative estimate of drug-likeness (QED) is 0.807. The van der Waals surface area contributed by atoms with Gasteiger partial charge in [-0.2, -0.15) is 0 Å². The molecular formula is C17H22BrNO. The largest absolute Gasteiger partial charge is 0.341 e. The van der Waals surface area contributed by atoms with Gasteiger partial charge < -0.3 is 4.90 Å². The normalized spacial score (nSPS) is 27.9. The molecule has 108 valence electrons. The van der Waals surface area contributed by atoms with Gasteiger partial charge in [0.15, 0.2) is 0 Å². The molecule has 0 saturated heterocycles. The van der Waals surface area contributed by atoms with E-state index in [4.69, 9.17) is 0 Å². The number of fused-ring (bicyclic) bond motifs is 2. The average molecular weight is 336 g/mol. The molecule has 1 aromatic carbocycles. The van der Waals surface area contributed by atoms with Crippen LogP contribution in [-0.2, 0) is 0 Å². The Morgan fingerprint density at radius 1 is 1.35 bits per heavy atom. The number of hydrogen-bond acceptors (Lipinski definition) is 1. The summed E-state index contributed by atoms with van der Waals surface area (Å²) in [5.74, 6) is 2.71. The summed E-state index contributed by atoms with van der Waals surface area (Å²) in [6.45, 7) is 2.93. The van der Waals surface area contributed by atoms with Crippen LogP contribution in [0.15, 0.2) is 22.7 Å². The first kappa shape index (κ1) is 14.1. The summed E-state index contributed by atoms with van der Waals surface area (Å²) in [4.78, 5) is 14.5. The highest BCUT2D eigenvalue weighted by Gasteiger charge is 2.40. The molecule has 3 rings (SSSR count). The Hall–Kier alpha value is -0.830. The van der Waals surface area contributed by atoms with Crippen molar-refractivity contribution in [3.05, 3.63) is 33.8 Å². The number of hydrogen-bond donors (Lipinski definition) is 0. The minimum Gasteiger partial charge on any atom is -0.341 e. The summed E-state index contributed by atoms with van der Waals surface area (Å²) in [5.41, 5.74) is 1.86. The van der Waals surface area contributed by atoms with Gasteiger partial charge in [0.2, 0.25) is 0 Å². The van der Waals surface area contributed by atoms with E-state index in [1.807, 2.05) is 37.1 Å². The van der Waals surface area contributed by atoms with Crippen LogP contribution in [0.25, 0.3) is 0 Å². The molecule has 1 amide bonds. The van der Waals surface area contributed by atoms with Crippen molar-refractivity contribution in [2.24, 2.45) is 17.8 Å². The Balaban J connectivity index is 1.69. The summed E-state index contributed by atoms with van der Waals surface area (Å²) in [6.07, 6.45) is 5.54. The Morgan fingerprint density at radius 2 is 2.15 bits per heavy atom. The highest BCUT2D eigenvalue weighted by Crippen LogP contribution is 2.48. The van der Waals surface area contributed by atoms with Gasteiger partial charge in [-0.25, -0.2) is 0 Å². The van der Waals surface area contributed by atoms with Gasteiger partial charge in [-0.05, 0) is 61.6 Å². The third-order valence-corrected chi connectivity index (χ3v) is 6.10. The predicted octanol–water partition coefficient (Wildman–Crippen LogP) is 4.27. The molecule has 20 heavy (non-hydrogen) atoms. The van der Waals surface area contributed by atoms with Gasteiger partial charge in [-0.1, -0.05) is 28.4 Å². The van der Waals surface area contributed by atoms with Crippen LogP contribution in [-0.4, -0.2) is 24.4 Å². The molecule has 2 aliphatic rings. The van der Waals surface area contributed by atoms with Crippen LogP contribution in [0.2, 0.25) is 0 Å². The monoisotopic (exact) mass is 335 g/mol. The molecule has 2 fully saturated rings. The van der Waals surface area contributed by atoms with Crippen LogP contribution in [0.5, 0.6) is 0 Å². The van der Waals surface area contributed by atoms with Crippen LogP contribution in [0, 0.1) is 24.7 Å². The lowest BCUT2D eigenvalue weighted by Gasteiger charge is -2.27. The molecule has 0 radical (unpaired) electrons. The second-order valence-electron chi connectivity index (χ2n) is 6.53. The SMILES string of the molecule is Cc1c(Br)cccc1C(=O)N(C)CC1CC2CCC1C2. The Kier molecular flexibility index (Phi) is 3.89. The summed E-state index contributed by atoms with van der Waals surface area (Å²) >= 11 is 3.51. The number of carbonyl (C=O) groups is 1. The molecule has 0 spiro atoms. The van der Waals surface area contributed by atoms with E-state index in [2.05, 4.69) is 15.9 Å². The first-order valence-corrected chi connectivity index (χ1v) is 8.36. The first-order valence-electron chi connectivity index (χ1n) is 7.57. The van der Waals surface area contributed by atoms with Crippen molar-refractivity contribution < 1.29 is 4.79 Å². The van der Waals surface area contributed by atoms with Crippen molar-refractivity contribution in [3.63, 3.8) is 0 Å². The molecule has 2 nitrogen and oxygen atoms in total. The Bertz CT molecular complexity index is 528. The first-order chi connectivity index (χ1) is 9.56. The molecule has 2 bridgehead atoms. The summed E-state index contributed by atoms with van der Waals surface area (Å²) in [5, 5.41) is 0. The molecule has 2 saturated carbocycles. The van der Waals surface area contributed by atoms with Crippen molar-refractivity contribution in [2.75, 3.05) is 13.6 Å². The Labute approximate surface area is 129 Å². The van der Waals surface area contributed by atoms with Crippen molar-refractivity contribution in [2.45, 2.75) is 32.6 Å². The molecule has 1 aromatic rings. The third-order valence-electron chi connectivity index (χ3n) is 5.24. The van der Waals surface area contributed by atoms with Crippen LogP contribution >= 0.6 is 15.9 Å². The van der Waals surface area contributed by atoms with Crippen LogP contribution in [0.1, 0.15) is 41.6 Å². The molecule has 3 heteroatoms. The molecule has 0 aliphatic heterocycles. The minimum absolute atomic E-state index is 0.159. The van der Waals surface area contributed by atoms with Gasteiger partial charge in [0.05, 0.1) is 0 Å². The van der Waals surface area contributed by atoms with E-state index in [0.29, 0.717) is 0 Å². The van der Waals surface area contributed by atoms with Crippen molar-refractivity contribution in [3.8, 4) is 0 Å². The summed E-state index contributed by atoms with van der Waals surface area (Å²) < 4.78 is 1.01. The molecule has 0 heterocycles. The maximum atomic E-state index is 12.6. The van der Waals surface area contributed by atoms with Gasteiger partial charge in [-0.3, -0.25) is 4.79 Å². The fourth-order valence-electron chi connectivity index (χ4n) is 4.08. The number of amides is 1. The van der Waals surface area contributed by atoms with E-state index in [0.717, 1.165) is 39.9 Å². The molecule has 2 aliphatic carbocycles. The minimum atomic E-state index is 0.159. The molecule has 3 atom stereocenters. The molecular weight excluding hydrogens is 314 g/mol. The van der Waals surface area contributed by atoms with E-state index in [-0.39, 0.29) is 5.91 Å². The molecule has 0 aromatic heterocycles. The zero-order valence-electron chi connectivity index (χ0n) is 12.2. The van der Waals surface area contributed by atoms with Crippen molar-refractivity contribution in [1.82, 2.24) is 4.90 Å². The standard InChI is InChI=1S/C17H22BrNO/c1-11-15(4-3-5-16(11)18)17(20)19(2)10-14-9-12-6-7-13(14)8-12/h3-5,12-14H,6-10H2,1-2H3. The topological polar surface area (TPSA) is 20.3 Å². The second kappa shape index (κ2) is 5.51. The van der Waals surface area contributed by atoms with Crippen LogP contribution < -0.4 is 0 Å². The van der Waals surface area contributed by atoms with Gasteiger partial charge >= 0.3 is 0 Å². The highest BCUT2D eigenvalue weighted by molar-refractivity contribution is 9.10. The van der Waals surface area contributed by atoms with E-state index in [1.54, 1.807) is 0 Å². The second-order valence-corrected chi connectivity index (χ2v) is 7.39. The van der Waals surface area contributed by atoms with Gasteiger partial charge in [0, 0.05) is 23.6 Å². The van der Waals surface area contributed by atoms with Gasteiger partial charge in [-0.15, -0.1) is 0 Å². The van der Waals surface area contributed by atoms with Gasteiger partial charge in [0.25, 0.3) is 5.91 Å². The van der Waals surface area contributed by atoms with Crippen LogP contribution in [0.3, 0.4) is 0 Å². The number of halogens is 1. The number of nitrogens with zero attached hydrogens (tertiary/aromatic N) is 1. The van der Waals surface area contributed by atoms with E-state index >= 15 is 0 Å². The van der Waals surface area contributed by atoms with E-state index in [9.17, 15) is 4.79 Å².